The summed E-state index contributed by atoms with van der Waals surface area (Å²) in [6, 6.07) is 1.54. The average molecular weight is 277 g/mol. The number of nitrogens with one attached hydrogen (secondary N) is 1. The molecule has 106 valence electrons. The van der Waals surface area contributed by atoms with Gasteiger partial charge in [0.25, 0.3) is 0 Å². The van der Waals surface area contributed by atoms with E-state index in [9.17, 15) is 4.39 Å². The van der Waals surface area contributed by atoms with Crippen LogP contribution in [0.5, 0.6) is 6.01 Å². The molecule has 1 N–H and O–H groups in total. The predicted octanol–water partition coefficient (Wildman–Crippen LogP) is 2.29. The van der Waals surface area contributed by atoms with Gasteiger partial charge in [0.2, 0.25) is 5.95 Å². The number of rotatable bonds is 6. The molecule has 0 aliphatic carbocycles. The zero-order valence-corrected chi connectivity index (χ0v) is 11.4. The number of hydrogen-bond donors (Lipinski definition) is 1. The largest absolute Gasteiger partial charge is 0.463 e. The number of halogens is 1. The molecule has 0 saturated carbocycles. The number of hydrogen-bond acceptors (Lipinski definition) is 6. The molecule has 7 heteroatoms. The van der Waals surface area contributed by atoms with Crippen molar-refractivity contribution in [2.24, 2.45) is 0 Å². The van der Waals surface area contributed by atoms with Gasteiger partial charge in [-0.2, -0.15) is 15.0 Å². The van der Waals surface area contributed by atoms with Crippen molar-refractivity contribution in [2.75, 3.05) is 18.5 Å². The number of anilines is 1. The van der Waals surface area contributed by atoms with E-state index in [1.54, 1.807) is 0 Å². The van der Waals surface area contributed by atoms with Gasteiger partial charge in [-0.15, -0.1) is 0 Å². The summed E-state index contributed by atoms with van der Waals surface area (Å²) in [5.74, 6) is 0.283. The molecule has 0 aliphatic rings. The van der Waals surface area contributed by atoms with Gasteiger partial charge in [-0.05, 0) is 19.4 Å². The van der Waals surface area contributed by atoms with Crippen LogP contribution in [0, 0.1) is 5.82 Å². The minimum Gasteiger partial charge on any atom is -0.463 e. The maximum Gasteiger partial charge on any atom is 0.321 e. The summed E-state index contributed by atoms with van der Waals surface area (Å²) in [5, 5.41) is 2.99. The minimum absolute atomic E-state index is 0.220. The number of pyridine rings is 1. The molecule has 0 spiro atoms. The summed E-state index contributed by atoms with van der Waals surface area (Å²) < 4.78 is 18.6. The Balaban J connectivity index is 2.37. The van der Waals surface area contributed by atoms with E-state index in [1.807, 2.05) is 13.8 Å². The third kappa shape index (κ3) is 3.59. The minimum atomic E-state index is -0.441. The molecule has 0 aromatic carbocycles. The summed E-state index contributed by atoms with van der Waals surface area (Å²) in [4.78, 5) is 16.3. The number of aromatic nitrogens is 4. The lowest BCUT2D eigenvalue weighted by atomic mass is 10.2. The second-order valence-electron chi connectivity index (χ2n) is 4.04. The van der Waals surface area contributed by atoms with Crippen molar-refractivity contribution in [1.29, 1.82) is 0 Å². The van der Waals surface area contributed by atoms with Crippen LogP contribution >= 0.6 is 0 Å². The Morgan fingerprint density at radius 2 is 2.05 bits per heavy atom. The van der Waals surface area contributed by atoms with Crippen LogP contribution in [0.3, 0.4) is 0 Å². The fourth-order valence-corrected chi connectivity index (χ4v) is 1.51. The molecule has 2 aromatic rings. The van der Waals surface area contributed by atoms with Gasteiger partial charge in [-0.25, -0.2) is 4.39 Å². The van der Waals surface area contributed by atoms with E-state index in [0.717, 1.165) is 12.6 Å². The number of nitrogens with zero attached hydrogens (tertiary/aromatic N) is 4. The van der Waals surface area contributed by atoms with E-state index >= 15 is 0 Å². The van der Waals surface area contributed by atoms with Gasteiger partial charge in [-0.1, -0.05) is 6.92 Å². The van der Waals surface area contributed by atoms with Crippen molar-refractivity contribution < 1.29 is 9.13 Å². The van der Waals surface area contributed by atoms with Gasteiger partial charge in [0.15, 0.2) is 5.82 Å². The molecule has 0 unspecified atom stereocenters. The van der Waals surface area contributed by atoms with Crippen molar-refractivity contribution in [3.8, 4) is 17.4 Å². The predicted molar refractivity (Wildman–Crippen MR) is 73.0 cm³/mol. The molecule has 6 nitrogen and oxygen atoms in total. The first-order valence-corrected chi connectivity index (χ1v) is 6.46. The van der Waals surface area contributed by atoms with Gasteiger partial charge in [0.1, 0.15) is 5.82 Å². The molecule has 20 heavy (non-hydrogen) atoms. The lowest BCUT2D eigenvalue weighted by molar-refractivity contribution is 0.292. The highest BCUT2D eigenvalue weighted by atomic mass is 19.1. The summed E-state index contributed by atoms with van der Waals surface area (Å²) in [5.41, 5.74) is 0.480. The van der Waals surface area contributed by atoms with E-state index in [1.165, 1.54) is 12.3 Å². The third-order valence-corrected chi connectivity index (χ3v) is 2.35. The van der Waals surface area contributed by atoms with E-state index in [2.05, 4.69) is 25.3 Å². The van der Waals surface area contributed by atoms with Crippen LogP contribution in [0.4, 0.5) is 10.3 Å². The standard InChI is InChI=1S/C13H16FN5O/c1-3-5-20-13-18-11(17-12(19-13)16-4-2)9-6-10(14)8-15-7-9/h6-8H,3-5H2,1-2H3,(H,16,17,18,19). The molecule has 0 amide bonds. The summed E-state index contributed by atoms with van der Waals surface area (Å²) in [7, 11) is 0. The fourth-order valence-electron chi connectivity index (χ4n) is 1.51. The van der Waals surface area contributed by atoms with Gasteiger partial charge in [0, 0.05) is 18.3 Å². The smallest absolute Gasteiger partial charge is 0.321 e. The van der Waals surface area contributed by atoms with Crippen molar-refractivity contribution >= 4 is 5.95 Å². The Morgan fingerprint density at radius 3 is 2.75 bits per heavy atom. The Bertz CT molecular complexity index is 578. The molecule has 0 atom stereocenters. The highest BCUT2D eigenvalue weighted by molar-refractivity contribution is 5.55. The molecule has 0 bridgehead atoms. The maximum atomic E-state index is 13.2. The maximum absolute atomic E-state index is 13.2. The van der Waals surface area contributed by atoms with E-state index in [-0.39, 0.29) is 6.01 Å². The first-order chi connectivity index (χ1) is 9.72. The van der Waals surface area contributed by atoms with Crippen LogP contribution in [-0.4, -0.2) is 33.1 Å². The highest BCUT2D eigenvalue weighted by Gasteiger charge is 2.10. The molecule has 0 fully saturated rings. The average Bonchev–Trinajstić information content (AvgIpc) is 2.45. The lowest BCUT2D eigenvalue weighted by Gasteiger charge is -2.08. The molecule has 0 radical (unpaired) electrons. The summed E-state index contributed by atoms with van der Waals surface area (Å²) >= 11 is 0. The lowest BCUT2D eigenvalue weighted by Crippen LogP contribution is -2.08. The van der Waals surface area contributed by atoms with Crippen LogP contribution in [0.1, 0.15) is 20.3 Å². The van der Waals surface area contributed by atoms with Crippen molar-refractivity contribution in [2.45, 2.75) is 20.3 Å². The molecule has 2 heterocycles. The molecule has 2 rings (SSSR count). The van der Waals surface area contributed by atoms with Gasteiger partial charge in [0.05, 0.1) is 12.8 Å². The normalized spacial score (nSPS) is 10.3. The Labute approximate surface area is 116 Å². The molecular formula is C13H16FN5O. The van der Waals surface area contributed by atoms with Crippen LogP contribution in [0.25, 0.3) is 11.4 Å². The first kappa shape index (κ1) is 14.1. The van der Waals surface area contributed by atoms with E-state index in [4.69, 9.17) is 4.74 Å². The molecule has 0 saturated heterocycles. The fraction of sp³-hybridized carbons (Fsp3) is 0.385. The van der Waals surface area contributed by atoms with Crippen LogP contribution < -0.4 is 10.1 Å². The number of ether oxygens (including phenoxy) is 1. The van der Waals surface area contributed by atoms with Gasteiger partial charge >= 0.3 is 6.01 Å². The Hall–Kier alpha value is -2.31. The second kappa shape index (κ2) is 6.74. The first-order valence-electron chi connectivity index (χ1n) is 6.46. The summed E-state index contributed by atoms with van der Waals surface area (Å²) in [6.07, 6.45) is 3.47. The van der Waals surface area contributed by atoms with Crippen molar-refractivity contribution in [3.63, 3.8) is 0 Å². The van der Waals surface area contributed by atoms with Gasteiger partial charge in [-0.3, -0.25) is 4.98 Å². The van der Waals surface area contributed by atoms with Crippen molar-refractivity contribution in [1.82, 2.24) is 19.9 Å². The third-order valence-electron chi connectivity index (χ3n) is 2.35. The molecule has 0 aliphatic heterocycles. The quantitative estimate of drug-likeness (QED) is 0.873. The summed E-state index contributed by atoms with van der Waals surface area (Å²) in [6.45, 7) is 5.10. The van der Waals surface area contributed by atoms with E-state index < -0.39 is 5.82 Å². The Kier molecular flexibility index (Phi) is 4.75. The monoisotopic (exact) mass is 277 g/mol. The highest BCUT2D eigenvalue weighted by Crippen LogP contribution is 2.18. The topological polar surface area (TPSA) is 72.8 Å². The second-order valence-corrected chi connectivity index (χ2v) is 4.04. The zero-order valence-electron chi connectivity index (χ0n) is 11.4. The van der Waals surface area contributed by atoms with Crippen LogP contribution in [0.15, 0.2) is 18.5 Å². The molecule has 2 aromatic heterocycles. The van der Waals surface area contributed by atoms with Crippen LogP contribution in [0.2, 0.25) is 0 Å². The Morgan fingerprint density at radius 1 is 1.20 bits per heavy atom. The van der Waals surface area contributed by atoms with Gasteiger partial charge < -0.3 is 10.1 Å². The molecular weight excluding hydrogens is 261 g/mol. The van der Waals surface area contributed by atoms with E-state index in [0.29, 0.717) is 30.5 Å². The zero-order chi connectivity index (χ0) is 14.4. The van der Waals surface area contributed by atoms with Crippen molar-refractivity contribution in [3.05, 3.63) is 24.3 Å². The SMILES string of the molecule is CCCOc1nc(NCC)nc(-c2cncc(F)c2)n1. The van der Waals surface area contributed by atoms with Crippen LogP contribution in [-0.2, 0) is 0 Å².